The van der Waals surface area contributed by atoms with E-state index in [-0.39, 0.29) is 0 Å². The Morgan fingerprint density at radius 2 is 1.91 bits per heavy atom. The molecule has 4 heterocycles. The largest absolute Gasteiger partial charge is 0.383 e. The van der Waals surface area contributed by atoms with Gasteiger partial charge in [-0.15, -0.1) is 11.8 Å². The van der Waals surface area contributed by atoms with Crippen molar-refractivity contribution >= 4 is 33.4 Å². The van der Waals surface area contributed by atoms with Crippen molar-refractivity contribution in [3.63, 3.8) is 0 Å². The number of anilines is 1. The highest BCUT2D eigenvalue weighted by Gasteiger charge is 2.22. The number of aryl methyl sites for hydroxylation is 1. The molecule has 1 aromatic carbocycles. The Morgan fingerprint density at radius 1 is 1.09 bits per heavy atom. The highest BCUT2D eigenvalue weighted by atomic mass is 32.2. The zero-order valence-corrected chi connectivity index (χ0v) is 20.0. The minimum Gasteiger partial charge on any atom is -0.383 e. The van der Waals surface area contributed by atoms with Crippen LogP contribution in [0, 0.1) is 12.8 Å². The van der Waals surface area contributed by atoms with Crippen molar-refractivity contribution in [2.24, 2.45) is 10.9 Å². The van der Waals surface area contributed by atoms with Crippen molar-refractivity contribution < 1.29 is 9.47 Å². The number of hydrogen-bond donors (Lipinski definition) is 2. The quantitative estimate of drug-likeness (QED) is 0.621. The predicted molar refractivity (Wildman–Crippen MR) is 134 cm³/mol. The zero-order chi connectivity index (χ0) is 21.8. The second-order valence-electron chi connectivity index (χ2n) is 9.37. The fourth-order valence-corrected chi connectivity index (χ4v) is 6.04. The molecule has 1 atom stereocenters. The smallest absolute Gasteiger partial charge is 0.114 e. The molecule has 32 heavy (non-hydrogen) atoms. The predicted octanol–water partition coefficient (Wildman–Crippen LogP) is 4.29. The highest BCUT2D eigenvalue weighted by molar-refractivity contribution is 8.14. The normalized spacial score (nSPS) is 23.0. The Kier molecular flexibility index (Phi) is 7.37. The summed E-state index contributed by atoms with van der Waals surface area (Å²) >= 11 is 1.90. The van der Waals surface area contributed by atoms with E-state index in [1.165, 1.54) is 46.5 Å². The van der Waals surface area contributed by atoms with Gasteiger partial charge in [0.05, 0.1) is 36.2 Å². The number of benzene rings is 1. The standard InChI is InChI=1S/C25H36N4O2S/c1-18-14-20-16-23(25-27-21(17-32-25)3-7-29-8-12-31-13-9-29)28-24(20)22(15-18)26-6-2-19-4-10-30-11-5-19/h14-16,19,21,26,28H,2-13,17H2,1H3. The van der Waals surface area contributed by atoms with E-state index in [9.17, 15) is 0 Å². The molecular weight excluding hydrogens is 420 g/mol. The SMILES string of the molecule is Cc1cc(NCCC2CCOCC2)c2[nH]c(C3=NC(CCN4CCOCC4)CS3)cc2c1. The minimum atomic E-state index is 0.420. The Hall–Kier alpha value is -1.54. The van der Waals surface area contributed by atoms with E-state index >= 15 is 0 Å². The first-order valence-corrected chi connectivity index (χ1v) is 13.2. The molecule has 3 aliphatic heterocycles. The number of nitrogens with one attached hydrogen (secondary N) is 2. The Morgan fingerprint density at radius 3 is 2.75 bits per heavy atom. The van der Waals surface area contributed by atoms with Crippen LogP contribution in [0.4, 0.5) is 5.69 Å². The number of aromatic amines is 1. The number of H-pyrrole nitrogens is 1. The molecule has 0 aliphatic carbocycles. The molecule has 0 bridgehead atoms. The lowest BCUT2D eigenvalue weighted by molar-refractivity contribution is 0.0369. The third kappa shape index (κ3) is 5.50. The summed E-state index contributed by atoms with van der Waals surface area (Å²) in [5.74, 6) is 1.87. The van der Waals surface area contributed by atoms with E-state index in [4.69, 9.17) is 14.5 Å². The molecule has 2 aromatic rings. The first-order chi connectivity index (χ1) is 15.7. The molecule has 1 unspecified atom stereocenters. The number of ether oxygens (including phenoxy) is 2. The van der Waals surface area contributed by atoms with Gasteiger partial charge in [0, 0.05) is 50.5 Å². The summed E-state index contributed by atoms with van der Waals surface area (Å²) < 4.78 is 11.0. The van der Waals surface area contributed by atoms with E-state index in [0.717, 1.165) is 76.4 Å². The maximum absolute atomic E-state index is 5.50. The second kappa shape index (κ2) is 10.6. The van der Waals surface area contributed by atoms with Crippen molar-refractivity contribution in [2.75, 3.05) is 63.7 Å². The molecule has 5 rings (SSSR count). The van der Waals surface area contributed by atoms with Crippen LogP contribution in [-0.2, 0) is 9.47 Å². The van der Waals surface area contributed by atoms with Gasteiger partial charge in [-0.05, 0) is 62.3 Å². The third-order valence-corrected chi connectivity index (χ3v) is 8.06. The number of nitrogens with zero attached hydrogens (tertiary/aromatic N) is 2. The number of fused-ring (bicyclic) bond motifs is 1. The van der Waals surface area contributed by atoms with Crippen molar-refractivity contribution in [2.45, 2.75) is 38.6 Å². The lowest BCUT2D eigenvalue weighted by Crippen LogP contribution is -2.37. The maximum Gasteiger partial charge on any atom is 0.114 e. The van der Waals surface area contributed by atoms with E-state index in [0.29, 0.717) is 6.04 Å². The molecule has 2 saturated heterocycles. The van der Waals surface area contributed by atoms with Gasteiger partial charge in [-0.3, -0.25) is 9.89 Å². The van der Waals surface area contributed by atoms with Crippen LogP contribution in [0.5, 0.6) is 0 Å². The number of rotatable bonds is 8. The first kappa shape index (κ1) is 22.3. The summed E-state index contributed by atoms with van der Waals surface area (Å²) in [7, 11) is 0. The molecule has 3 aliphatic rings. The third-order valence-electron chi connectivity index (χ3n) is 6.91. The molecule has 174 valence electrons. The van der Waals surface area contributed by atoms with Gasteiger partial charge < -0.3 is 19.8 Å². The topological polar surface area (TPSA) is 61.9 Å². The number of thioether (sulfide) groups is 1. The van der Waals surface area contributed by atoms with Gasteiger partial charge in [-0.25, -0.2) is 0 Å². The van der Waals surface area contributed by atoms with Crippen LogP contribution in [0.1, 0.15) is 36.9 Å². The van der Waals surface area contributed by atoms with Crippen molar-refractivity contribution in [3.8, 4) is 0 Å². The molecular formula is C25H36N4O2S. The van der Waals surface area contributed by atoms with Gasteiger partial charge in [-0.2, -0.15) is 0 Å². The number of aliphatic imine (C=N–C) groups is 1. The summed E-state index contributed by atoms with van der Waals surface area (Å²) in [4.78, 5) is 11.3. The second-order valence-corrected chi connectivity index (χ2v) is 10.4. The summed E-state index contributed by atoms with van der Waals surface area (Å²) in [5.41, 5.74) is 4.88. The number of aromatic nitrogens is 1. The minimum absolute atomic E-state index is 0.420. The fourth-order valence-electron chi connectivity index (χ4n) is 4.96. The van der Waals surface area contributed by atoms with Gasteiger partial charge >= 0.3 is 0 Å². The Balaban J connectivity index is 1.23. The Labute approximate surface area is 195 Å². The molecule has 0 amide bonds. The first-order valence-electron chi connectivity index (χ1n) is 12.2. The number of hydrogen-bond acceptors (Lipinski definition) is 6. The van der Waals surface area contributed by atoms with Gasteiger partial charge in [0.2, 0.25) is 0 Å². The van der Waals surface area contributed by atoms with Crippen LogP contribution >= 0.6 is 11.8 Å². The average Bonchev–Trinajstić information content (AvgIpc) is 3.46. The zero-order valence-electron chi connectivity index (χ0n) is 19.2. The van der Waals surface area contributed by atoms with Gasteiger partial charge in [0.25, 0.3) is 0 Å². The summed E-state index contributed by atoms with van der Waals surface area (Å²) in [5, 5.41) is 6.15. The molecule has 0 spiro atoms. The number of morpholine rings is 1. The van der Waals surface area contributed by atoms with Crippen LogP contribution in [0.25, 0.3) is 10.9 Å². The average molecular weight is 457 g/mol. The van der Waals surface area contributed by atoms with Gasteiger partial charge in [-0.1, -0.05) is 0 Å². The van der Waals surface area contributed by atoms with Crippen molar-refractivity contribution in [1.29, 1.82) is 0 Å². The van der Waals surface area contributed by atoms with Gasteiger partial charge in [0.1, 0.15) is 5.04 Å². The highest BCUT2D eigenvalue weighted by Crippen LogP contribution is 2.31. The van der Waals surface area contributed by atoms with E-state index in [2.05, 4.69) is 40.3 Å². The summed E-state index contributed by atoms with van der Waals surface area (Å²) in [6.07, 6.45) is 4.73. The molecule has 7 heteroatoms. The molecule has 6 nitrogen and oxygen atoms in total. The van der Waals surface area contributed by atoms with E-state index < -0.39 is 0 Å². The van der Waals surface area contributed by atoms with Crippen LogP contribution in [0.15, 0.2) is 23.2 Å². The van der Waals surface area contributed by atoms with Crippen molar-refractivity contribution in [3.05, 3.63) is 29.5 Å². The van der Waals surface area contributed by atoms with E-state index in [1.54, 1.807) is 0 Å². The molecule has 0 radical (unpaired) electrons. The van der Waals surface area contributed by atoms with E-state index in [1.807, 2.05) is 11.8 Å². The van der Waals surface area contributed by atoms with Crippen LogP contribution in [0.3, 0.4) is 0 Å². The van der Waals surface area contributed by atoms with Crippen molar-refractivity contribution in [1.82, 2.24) is 9.88 Å². The summed E-state index contributed by atoms with van der Waals surface area (Å²) in [6.45, 7) is 10.0. The molecule has 2 N–H and O–H groups in total. The molecule has 0 saturated carbocycles. The lowest BCUT2D eigenvalue weighted by atomic mass is 9.96. The van der Waals surface area contributed by atoms with Crippen LogP contribution < -0.4 is 5.32 Å². The Bertz CT molecular complexity index is 931. The monoisotopic (exact) mass is 456 g/mol. The van der Waals surface area contributed by atoms with Crippen LogP contribution in [0.2, 0.25) is 0 Å². The molecule has 1 aromatic heterocycles. The molecule has 2 fully saturated rings. The fraction of sp³-hybridized carbons (Fsp3) is 0.640. The lowest BCUT2D eigenvalue weighted by Gasteiger charge is -2.26. The van der Waals surface area contributed by atoms with Gasteiger partial charge in [0.15, 0.2) is 0 Å². The van der Waals surface area contributed by atoms with Crippen LogP contribution in [-0.4, -0.2) is 79.3 Å². The maximum atomic E-state index is 5.50. The summed E-state index contributed by atoms with van der Waals surface area (Å²) in [6, 6.07) is 7.24.